The third-order valence-electron chi connectivity index (χ3n) is 6.06. The Morgan fingerprint density at radius 1 is 1.13 bits per heavy atom. The molecule has 30 heavy (non-hydrogen) atoms. The van der Waals surface area contributed by atoms with Gasteiger partial charge in [0.2, 0.25) is 0 Å². The highest BCUT2D eigenvalue weighted by Crippen LogP contribution is 2.33. The van der Waals surface area contributed by atoms with E-state index in [9.17, 15) is 9.59 Å². The van der Waals surface area contributed by atoms with Crippen LogP contribution in [0.2, 0.25) is 0 Å². The number of hydrogen-bond donors (Lipinski definition) is 1. The quantitative estimate of drug-likeness (QED) is 0.564. The minimum Gasteiger partial charge on any atom is -0.319 e. The van der Waals surface area contributed by atoms with E-state index in [0.717, 1.165) is 29.9 Å². The predicted octanol–water partition coefficient (Wildman–Crippen LogP) is 3.90. The largest absolute Gasteiger partial charge is 0.319 e. The van der Waals surface area contributed by atoms with Crippen molar-refractivity contribution in [2.24, 2.45) is 0 Å². The fourth-order valence-corrected chi connectivity index (χ4v) is 4.43. The number of benzene rings is 1. The molecule has 152 valence electrons. The van der Waals surface area contributed by atoms with Gasteiger partial charge in [-0.3, -0.25) is 19.0 Å². The first-order valence-corrected chi connectivity index (χ1v) is 10.3. The van der Waals surface area contributed by atoms with E-state index in [2.05, 4.69) is 15.0 Å². The van der Waals surface area contributed by atoms with Gasteiger partial charge in [-0.25, -0.2) is 4.98 Å². The highest BCUT2D eigenvalue weighted by atomic mass is 16.2. The number of carbonyl (C=O) groups is 1. The molecule has 1 aliphatic rings. The van der Waals surface area contributed by atoms with Crippen molar-refractivity contribution in [2.75, 3.05) is 11.9 Å². The van der Waals surface area contributed by atoms with Gasteiger partial charge in [0.1, 0.15) is 11.3 Å². The normalized spacial score (nSPS) is 15.0. The van der Waals surface area contributed by atoms with Crippen LogP contribution in [0.4, 0.5) is 5.69 Å². The Kier molecular flexibility index (Phi) is 4.58. The molecule has 0 aliphatic heterocycles. The van der Waals surface area contributed by atoms with Crippen LogP contribution >= 0.6 is 0 Å². The number of aromatic amines is 1. The monoisotopic (exact) mass is 401 g/mol. The predicted molar refractivity (Wildman–Crippen MR) is 116 cm³/mol. The smallest absolute Gasteiger partial charge is 0.274 e. The third kappa shape index (κ3) is 3.07. The van der Waals surface area contributed by atoms with Crippen LogP contribution in [0.3, 0.4) is 0 Å². The van der Waals surface area contributed by atoms with E-state index in [-0.39, 0.29) is 11.5 Å². The third-order valence-corrected chi connectivity index (χ3v) is 6.06. The first-order chi connectivity index (χ1) is 14.6. The molecule has 0 atom stereocenters. The number of anilines is 1. The molecule has 7 heteroatoms. The van der Waals surface area contributed by atoms with Gasteiger partial charge in [0.25, 0.3) is 11.5 Å². The number of fused-ring (bicyclic) bond motifs is 3. The summed E-state index contributed by atoms with van der Waals surface area (Å²) in [4.78, 5) is 38.9. The zero-order valence-corrected chi connectivity index (χ0v) is 16.8. The Bertz CT molecular complexity index is 1290. The molecule has 3 heterocycles. The van der Waals surface area contributed by atoms with E-state index in [1.165, 1.54) is 19.3 Å². The number of H-pyrrole nitrogens is 1. The summed E-state index contributed by atoms with van der Waals surface area (Å²) in [6.45, 7) is 0. The maximum atomic E-state index is 13.1. The first kappa shape index (κ1) is 18.5. The molecule has 1 N–H and O–H groups in total. The van der Waals surface area contributed by atoms with Crippen molar-refractivity contribution in [3.05, 3.63) is 70.7 Å². The summed E-state index contributed by atoms with van der Waals surface area (Å²) in [7, 11) is 1.73. The van der Waals surface area contributed by atoms with E-state index in [1.807, 2.05) is 16.5 Å². The molecule has 5 rings (SSSR count). The Morgan fingerprint density at radius 3 is 2.73 bits per heavy atom. The summed E-state index contributed by atoms with van der Waals surface area (Å²) in [5, 5.41) is 0. The van der Waals surface area contributed by atoms with Crippen LogP contribution in [0.15, 0.2) is 53.7 Å². The summed E-state index contributed by atoms with van der Waals surface area (Å²) in [6, 6.07) is 9.04. The van der Waals surface area contributed by atoms with Gasteiger partial charge < -0.3 is 9.88 Å². The summed E-state index contributed by atoms with van der Waals surface area (Å²) < 4.78 is 1.95. The molecule has 0 bridgehead atoms. The molecule has 0 radical (unpaired) electrons. The molecule has 0 unspecified atom stereocenters. The molecule has 1 aromatic carbocycles. The number of aromatic nitrogens is 4. The summed E-state index contributed by atoms with van der Waals surface area (Å²) >= 11 is 0. The Balaban J connectivity index is 1.65. The SMILES string of the molecule is CN(C(=O)c1ccc2[nH]c(=O)c3cnc(C4CCCCC4)n3c2c1)c1cccnc1. The number of amides is 1. The maximum Gasteiger partial charge on any atom is 0.274 e. The van der Waals surface area contributed by atoms with Gasteiger partial charge in [0.15, 0.2) is 0 Å². The number of hydrogen-bond acceptors (Lipinski definition) is 4. The summed E-state index contributed by atoms with van der Waals surface area (Å²) in [6.07, 6.45) is 10.8. The molecule has 4 aromatic rings. The number of imidazole rings is 1. The van der Waals surface area contributed by atoms with Gasteiger partial charge in [0.05, 0.1) is 29.1 Å². The molecule has 1 saturated carbocycles. The number of nitrogens with one attached hydrogen (secondary N) is 1. The summed E-state index contributed by atoms with van der Waals surface area (Å²) in [5.41, 5.74) is 3.12. The van der Waals surface area contributed by atoms with Gasteiger partial charge in [-0.2, -0.15) is 0 Å². The van der Waals surface area contributed by atoms with Crippen molar-refractivity contribution in [1.29, 1.82) is 0 Å². The van der Waals surface area contributed by atoms with Gasteiger partial charge in [-0.05, 0) is 43.2 Å². The van der Waals surface area contributed by atoms with Crippen LogP contribution in [0.1, 0.15) is 54.2 Å². The van der Waals surface area contributed by atoms with Crippen LogP contribution in [-0.4, -0.2) is 32.3 Å². The fraction of sp³-hybridized carbons (Fsp3) is 0.304. The average molecular weight is 401 g/mol. The molecule has 0 saturated heterocycles. The Hall–Kier alpha value is -3.48. The van der Waals surface area contributed by atoms with E-state index in [1.54, 1.807) is 48.7 Å². The second-order valence-corrected chi connectivity index (χ2v) is 7.93. The molecule has 1 amide bonds. The Morgan fingerprint density at radius 2 is 1.97 bits per heavy atom. The van der Waals surface area contributed by atoms with Gasteiger partial charge >= 0.3 is 0 Å². The zero-order chi connectivity index (χ0) is 20.7. The van der Waals surface area contributed by atoms with E-state index in [0.29, 0.717) is 22.5 Å². The topological polar surface area (TPSA) is 83.4 Å². The fourth-order valence-electron chi connectivity index (χ4n) is 4.43. The molecule has 3 aromatic heterocycles. The van der Waals surface area contributed by atoms with Gasteiger partial charge in [-0.1, -0.05) is 19.3 Å². The maximum absolute atomic E-state index is 13.1. The lowest BCUT2D eigenvalue weighted by atomic mass is 9.88. The summed E-state index contributed by atoms with van der Waals surface area (Å²) in [5.74, 6) is 1.12. The first-order valence-electron chi connectivity index (χ1n) is 10.3. The van der Waals surface area contributed by atoms with Crippen LogP contribution in [0, 0.1) is 0 Å². The molecule has 7 nitrogen and oxygen atoms in total. The molecule has 0 spiro atoms. The van der Waals surface area contributed by atoms with E-state index < -0.39 is 0 Å². The number of nitrogens with zero attached hydrogens (tertiary/aromatic N) is 4. The van der Waals surface area contributed by atoms with Gasteiger partial charge in [0, 0.05) is 24.7 Å². The van der Waals surface area contributed by atoms with Crippen LogP contribution < -0.4 is 10.5 Å². The standard InChI is InChI=1S/C23H23N5O2/c1-27(17-8-5-11-24-13-17)23(30)16-9-10-18-19(12-16)28-20(22(29)26-18)14-25-21(28)15-6-3-2-4-7-15/h5,8-15H,2-4,6-7H2,1H3,(H,26,29). The zero-order valence-electron chi connectivity index (χ0n) is 16.8. The van der Waals surface area contributed by atoms with Crippen molar-refractivity contribution >= 4 is 28.1 Å². The van der Waals surface area contributed by atoms with E-state index in [4.69, 9.17) is 0 Å². The minimum absolute atomic E-state index is 0.136. The lowest BCUT2D eigenvalue weighted by Crippen LogP contribution is -2.26. The van der Waals surface area contributed by atoms with Crippen molar-refractivity contribution in [2.45, 2.75) is 38.0 Å². The van der Waals surface area contributed by atoms with Crippen molar-refractivity contribution < 1.29 is 4.79 Å². The average Bonchev–Trinajstić information content (AvgIpc) is 3.25. The molecular weight excluding hydrogens is 378 g/mol. The van der Waals surface area contributed by atoms with Crippen molar-refractivity contribution in [3.8, 4) is 0 Å². The minimum atomic E-state index is -0.163. The highest BCUT2D eigenvalue weighted by Gasteiger charge is 2.23. The van der Waals surface area contributed by atoms with Crippen molar-refractivity contribution in [3.63, 3.8) is 0 Å². The number of rotatable bonds is 3. The molecule has 1 aliphatic carbocycles. The van der Waals surface area contributed by atoms with Crippen LogP contribution in [0.25, 0.3) is 16.6 Å². The lowest BCUT2D eigenvalue weighted by Gasteiger charge is -2.21. The second kappa shape index (κ2) is 7.40. The lowest BCUT2D eigenvalue weighted by molar-refractivity contribution is 0.0993. The number of carbonyl (C=O) groups excluding carboxylic acids is 1. The van der Waals surface area contributed by atoms with Crippen molar-refractivity contribution in [1.82, 2.24) is 19.4 Å². The second-order valence-electron chi connectivity index (χ2n) is 7.93. The molecular formula is C23H23N5O2. The van der Waals surface area contributed by atoms with Crippen LogP contribution in [0.5, 0.6) is 0 Å². The van der Waals surface area contributed by atoms with E-state index >= 15 is 0 Å². The Labute approximate surface area is 173 Å². The number of pyridine rings is 1. The highest BCUT2D eigenvalue weighted by molar-refractivity contribution is 6.07. The molecule has 1 fully saturated rings. The van der Waals surface area contributed by atoms with Gasteiger partial charge in [-0.15, -0.1) is 0 Å². The van der Waals surface area contributed by atoms with Crippen LogP contribution in [-0.2, 0) is 0 Å².